The van der Waals surface area contributed by atoms with Crippen molar-refractivity contribution in [2.24, 2.45) is 0 Å². The van der Waals surface area contributed by atoms with E-state index in [-0.39, 0.29) is 17.9 Å². The molecule has 1 aromatic heterocycles. The van der Waals surface area contributed by atoms with Crippen LogP contribution in [-0.2, 0) is 4.79 Å². The SMILES string of the molecule is Cc1cc(C)nc(OC2CCCN(C(=O)C3c4ccccc4Oc4ccccc43)C2)n1. The summed E-state index contributed by atoms with van der Waals surface area (Å²) in [7, 11) is 0. The van der Waals surface area contributed by atoms with Gasteiger partial charge in [0.1, 0.15) is 17.6 Å². The van der Waals surface area contributed by atoms with Gasteiger partial charge in [-0.3, -0.25) is 4.79 Å². The molecule has 6 heteroatoms. The first kappa shape index (κ1) is 19.5. The van der Waals surface area contributed by atoms with Crippen LogP contribution >= 0.6 is 0 Å². The van der Waals surface area contributed by atoms with E-state index < -0.39 is 0 Å². The molecule has 0 bridgehead atoms. The van der Waals surface area contributed by atoms with Gasteiger partial charge in [-0.05, 0) is 44.9 Å². The lowest BCUT2D eigenvalue weighted by Gasteiger charge is -2.36. The van der Waals surface area contributed by atoms with Crippen molar-refractivity contribution in [3.8, 4) is 17.5 Å². The Morgan fingerprint density at radius 2 is 1.61 bits per heavy atom. The van der Waals surface area contributed by atoms with Crippen LogP contribution in [0, 0.1) is 13.8 Å². The lowest BCUT2D eigenvalue weighted by Crippen LogP contribution is -2.46. The number of para-hydroxylation sites is 2. The number of benzene rings is 2. The third-order valence-electron chi connectivity index (χ3n) is 5.85. The summed E-state index contributed by atoms with van der Waals surface area (Å²) in [5.41, 5.74) is 3.57. The molecule has 1 amide bonds. The molecule has 6 nitrogen and oxygen atoms in total. The second-order valence-electron chi connectivity index (χ2n) is 8.21. The summed E-state index contributed by atoms with van der Waals surface area (Å²) in [5, 5.41) is 0. The molecule has 1 fully saturated rings. The Labute approximate surface area is 181 Å². The molecule has 0 radical (unpaired) electrons. The molecule has 1 atom stereocenters. The van der Waals surface area contributed by atoms with Crippen LogP contribution in [0.3, 0.4) is 0 Å². The van der Waals surface area contributed by atoms with Crippen molar-refractivity contribution in [2.75, 3.05) is 13.1 Å². The molecule has 0 saturated carbocycles. The second kappa shape index (κ2) is 8.02. The number of hydrogen-bond acceptors (Lipinski definition) is 5. The van der Waals surface area contributed by atoms with E-state index in [0.717, 1.165) is 46.9 Å². The summed E-state index contributed by atoms with van der Waals surface area (Å²) >= 11 is 0. The Balaban J connectivity index is 1.40. The molecular formula is C25H25N3O3. The molecule has 0 spiro atoms. The van der Waals surface area contributed by atoms with Gasteiger partial charge >= 0.3 is 6.01 Å². The Bertz CT molecular complexity index is 1060. The van der Waals surface area contributed by atoms with Crippen molar-refractivity contribution in [3.63, 3.8) is 0 Å². The first-order chi connectivity index (χ1) is 15.1. The molecule has 3 aromatic rings. The molecule has 1 unspecified atom stereocenters. The minimum atomic E-state index is -0.377. The fourth-order valence-corrected chi connectivity index (χ4v) is 4.49. The molecule has 2 aromatic carbocycles. The molecule has 31 heavy (non-hydrogen) atoms. The van der Waals surface area contributed by atoms with Crippen LogP contribution in [0.15, 0.2) is 54.6 Å². The van der Waals surface area contributed by atoms with Gasteiger partial charge in [0.2, 0.25) is 5.91 Å². The second-order valence-corrected chi connectivity index (χ2v) is 8.21. The molecule has 5 rings (SSSR count). The van der Waals surface area contributed by atoms with E-state index in [2.05, 4.69) is 9.97 Å². The summed E-state index contributed by atoms with van der Waals surface area (Å²) in [6, 6.07) is 17.9. The normalized spacial score (nSPS) is 18.0. The first-order valence-electron chi connectivity index (χ1n) is 10.7. The zero-order chi connectivity index (χ0) is 21.4. The van der Waals surface area contributed by atoms with E-state index >= 15 is 0 Å². The van der Waals surface area contributed by atoms with Gasteiger partial charge in [-0.15, -0.1) is 0 Å². The fourth-order valence-electron chi connectivity index (χ4n) is 4.49. The highest BCUT2D eigenvalue weighted by atomic mass is 16.5. The smallest absolute Gasteiger partial charge is 0.317 e. The maximum Gasteiger partial charge on any atom is 0.317 e. The Hall–Kier alpha value is -3.41. The van der Waals surface area contributed by atoms with E-state index in [9.17, 15) is 4.79 Å². The van der Waals surface area contributed by atoms with Crippen molar-refractivity contribution in [1.82, 2.24) is 14.9 Å². The number of ether oxygens (including phenoxy) is 2. The average Bonchev–Trinajstić information content (AvgIpc) is 2.76. The number of amides is 1. The third kappa shape index (κ3) is 3.85. The van der Waals surface area contributed by atoms with Crippen LogP contribution in [0.5, 0.6) is 17.5 Å². The maximum atomic E-state index is 13.8. The molecule has 2 aliphatic rings. The highest BCUT2D eigenvalue weighted by molar-refractivity contribution is 5.89. The standard InChI is InChI=1S/C25H25N3O3/c1-16-14-17(2)27-25(26-16)30-18-8-7-13-28(15-18)24(29)23-19-9-3-5-11-21(19)31-22-12-6-4-10-20(22)23/h3-6,9-12,14,18,23H,7-8,13,15H2,1-2H3. The summed E-state index contributed by atoms with van der Waals surface area (Å²) < 4.78 is 12.1. The highest BCUT2D eigenvalue weighted by Gasteiger charge is 2.37. The molecule has 158 valence electrons. The number of rotatable bonds is 3. The molecular weight excluding hydrogens is 390 g/mol. The first-order valence-corrected chi connectivity index (χ1v) is 10.7. The van der Waals surface area contributed by atoms with E-state index in [4.69, 9.17) is 9.47 Å². The van der Waals surface area contributed by atoms with Crippen molar-refractivity contribution in [1.29, 1.82) is 0 Å². The summed E-state index contributed by atoms with van der Waals surface area (Å²) in [6.45, 7) is 5.10. The van der Waals surface area contributed by atoms with Crippen LogP contribution in [0.1, 0.15) is 41.3 Å². The van der Waals surface area contributed by atoms with Gasteiger partial charge < -0.3 is 14.4 Å². The number of fused-ring (bicyclic) bond motifs is 2. The molecule has 0 aliphatic carbocycles. The highest BCUT2D eigenvalue weighted by Crippen LogP contribution is 2.44. The van der Waals surface area contributed by atoms with E-state index in [0.29, 0.717) is 19.1 Å². The minimum absolute atomic E-state index is 0.0813. The number of nitrogens with zero attached hydrogens (tertiary/aromatic N) is 3. The van der Waals surface area contributed by atoms with Gasteiger partial charge in [0.25, 0.3) is 0 Å². The predicted octanol–water partition coefficient (Wildman–Crippen LogP) is 4.40. The Kier molecular flexibility index (Phi) is 5.06. The topological polar surface area (TPSA) is 64.5 Å². The van der Waals surface area contributed by atoms with Crippen LogP contribution in [0.25, 0.3) is 0 Å². The van der Waals surface area contributed by atoms with Gasteiger partial charge in [0.15, 0.2) is 0 Å². The van der Waals surface area contributed by atoms with Gasteiger partial charge in [-0.1, -0.05) is 36.4 Å². The van der Waals surface area contributed by atoms with Crippen LogP contribution in [0.4, 0.5) is 0 Å². The Morgan fingerprint density at radius 3 is 2.26 bits per heavy atom. The zero-order valence-corrected chi connectivity index (χ0v) is 17.7. The fraction of sp³-hybridized carbons (Fsp3) is 0.320. The van der Waals surface area contributed by atoms with Crippen LogP contribution in [-0.4, -0.2) is 40.0 Å². The maximum absolute atomic E-state index is 13.8. The molecule has 2 aliphatic heterocycles. The molecule has 1 saturated heterocycles. The van der Waals surface area contributed by atoms with Gasteiger partial charge in [0, 0.05) is 29.1 Å². The van der Waals surface area contributed by atoms with Gasteiger partial charge in [-0.25, -0.2) is 9.97 Å². The minimum Gasteiger partial charge on any atom is -0.458 e. The number of carbonyl (C=O) groups excluding carboxylic acids is 1. The lowest BCUT2D eigenvalue weighted by molar-refractivity contribution is -0.134. The van der Waals surface area contributed by atoms with Gasteiger partial charge in [-0.2, -0.15) is 0 Å². The number of aryl methyl sites for hydroxylation is 2. The van der Waals surface area contributed by atoms with Gasteiger partial charge in [0.05, 0.1) is 12.5 Å². The monoisotopic (exact) mass is 415 g/mol. The van der Waals surface area contributed by atoms with Crippen LogP contribution in [0.2, 0.25) is 0 Å². The molecule has 3 heterocycles. The quantitative estimate of drug-likeness (QED) is 0.634. The largest absolute Gasteiger partial charge is 0.458 e. The number of aromatic nitrogens is 2. The van der Waals surface area contributed by atoms with Crippen molar-refractivity contribution >= 4 is 5.91 Å². The average molecular weight is 415 g/mol. The van der Waals surface area contributed by atoms with E-state index in [1.807, 2.05) is 73.3 Å². The van der Waals surface area contributed by atoms with Crippen molar-refractivity contribution in [2.45, 2.75) is 38.7 Å². The third-order valence-corrected chi connectivity index (χ3v) is 5.85. The van der Waals surface area contributed by atoms with Crippen molar-refractivity contribution in [3.05, 3.63) is 77.1 Å². The zero-order valence-electron chi connectivity index (χ0n) is 17.7. The van der Waals surface area contributed by atoms with E-state index in [1.54, 1.807) is 0 Å². The Morgan fingerprint density at radius 1 is 1.00 bits per heavy atom. The number of piperidine rings is 1. The summed E-state index contributed by atoms with van der Waals surface area (Å²) in [5.74, 6) is 1.19. The molecule has 0 N–H and O–H groups in total. The summed E-state index contributed by atoms with van der Waals surface area (Å²) in [4.78, 5) is 24.5. The van der Waals surface area contributed by atoms with Crippen LogP contribution < -0.4 is 9.47 Å². The van der Waals surface area contributed by atoms with E-state index in [1.165, 1.54) is 0 Å². The number of likely N-dealkylation sites (tertiary alicyclic amines) is 1. The predicted molar refractivity (Wildman–Crippen MR) is 117 cm³/mol. The summed E-state index contributed by atoms with van der Waals surface area (Å²) in [6.07, 6.45) is 1.64. The lowest BCUT2D eigenvalue weighted by atomic mass is 9.86. The van der Waals surface area contributed by atoms with Crippen molar-refractivity contribution < 1.29 is 14.3 Å². The number of hydrogen-bond donors (Lipinski definition) is 0. The number of carbonyl (C=O) groups is 1.